The molecular weight excluding hydrogens is 298 g/mol. The molecule has 0 saturated heterocycles. The van der Waals surface area contributed by atoms with Crippen LogP contribution in [0.1, 0.15) is 15.6 Å². The molecule has 0 aliphatic heterocycles. The van der Waals surface area contributed by atoms with Crippen LogP contribution >= 0.6 is 11.3 Å². The van der Waals surface area contributed by atoms with Crippen LogP contribution in [0.5, 0.6) is 0 Å². The molecule has 4 rings (SSSR count). The van der Waals surface area contributed by atoms with E-state index in [-0.39, 0.29) is 12.6 Å². The highest BCUT2D eigenvalue weighted by Gasteiger charge is 2.13. The molecule has 5 heteroatoms. The van der Waals surface area contributed by atoms with E-state index >= 15 is 0 Å². The summed E-state index contributed by atoms with van der Waals surface area (Å²) in [6.45, 7) is 0.0295. The van der Waals surface area contributed by atoms with E-state index in [9.17, 15) is 4.79 Å². The Bertz CT molecular complexity index is 904. The fraction of sp³-hybridized carbons (Fsp3) is 0.0588. The molecule has 4 aromatic rings. The number of benzene rings is 2. The van der Waals surface area contributed by atoms with Crippen LogP contribution in [0.2, 0.25) is 0 Å². The summed E-state index contributed by atoms with van der Waals surface area (Å²) in [7, 11) is 0. The van der Waals surface area contributed by atoms with Crippen LogP contribution in [-0.4, -0.2) is 11.0 Å². The minimum Gasteiger partial charge on any atom is -0.451 e. The second-order valence-corrected chi connectivity index (χ2v) is 5.88. The third-order valence-electron chi connectivity index (χ3n) is 3.29. The predicted molar refractivity (Wildman–Crippen MR) is 85.0 cm³/mol. The molecule has 0 saturated carbocycles. The van der Waals surface area contributed by atoms with Gasteiger partial charge in [-0.2, -0.15) is 0 Å². The molecule has 2 heterocycles. The van der Waals surface area contributed by atoms with E-state index in [4.69, 9.17) is 9.15 Å². The lowest BCUT2D eigenvalue weighted by atomic mass is 10.2. The summed E-state index contributed by atoms with van der Waals surface area (Å²) < 4.78 is 11.9. The molecule has 0 radical (unpaired) electrons. The van der Waals surface area contributed by atoms with Crippen LogP contribution in [0.15, 0.2) is 59.0 Å². The average molecular weight is 309 g/mol. The molecule has 0 fully saturated rings. The van der Waals surface area contributed by atoms with E-state index < -0.39 is 0 Å². The van der Waals surface area contributed by atoms with E-state index in [1.807, 2.05) is 54.6 Å². The summed E-state index contributed by atoms with van der Waals surface area (Å²) in [5, 5.41) is 1.04. The summed E-state index contributed by atoms with van der Waals surface area (Å²) in [6.07, 6.45) is 0. The molecule has 0 spiro atoms. The molecular formula is C17H11NO3S. The molecule has 0 aliphatic rings. The maximum atomic E-state index is 12.1. The number of rotatable bonds is 3. The number of hydrogen-bond donors (Lipinski definition) is 0. The van der Waals surface area contributed by atoms with Gasteiger partial charge in [0.1, 0.15) is 10.4 Å². The maximum Gasteiger partial charge on any atom is 0.348 e. The van der Waals surface area contributed by atoms with Crippen molar-refractivity contribution < 1.29 is 13.9 Å². The Hall–Kier alpha value is -2.66. The average Bonchev–Trinajstić information content (AvgIpc) is 3.15. The second-order valence-electron chi connectivity index (χ2n) is 4.80. The minimum atomic E-state index is -0.358. The summed E-state index contributed by atoms with van der Waals surface area (Å²) in [6, 6.07) is 17.2. The first-order valence-electron chi connectivity index (χ1n) is 6.80. The van der Waals surface area contributed by atoms with Gasteiger partial charge >= 0.3 is 5.97 Å². The maximum absolute atomic E-state index is 12.1. The van der Waals surface area contributed by atoms with Gasteiger partial charge < -0.3 is 9.15 Å². The van der Waals surface area contributed by atoms with Crippen molar-refractivity contribution in [2.45, 2.75) is 6.61 Å². The van der Waals surface area contributed by atoms with Crippen LogP contribution in [-0.2, 0) is 11.3 Å². The number of aromatic nitrogens is 1. The van der Waals surface area contributed by atoms with Gasteiger partial charge in [0.2, 0.25) is 5.89 Å². The monoisotopic (exact) mass is 309 g/mol. The van der Waals surface area contributed by atoms with Crippen molar-refractivity contribution in [1.82, 2.24) is 4.98 Å². The van der Waals surface area contributed by atoms with E-state index in [2.05, 4.69) is 4.98 Å². The molecule has 108 valence electrons. The van der Waals surface area contributed by atoms with Crippen LogP contribution in [0, 0.1) is 0 Å². The van der Waals surface area contributed by atoms with Crippen LogP contribution in [0.3, 0.4) is 0 Å². The molecule has 0 atom stereocenters. The van der Waals surface area contributed by atoms with Crippen molar-refractivity contribution in [2.24, 2.45) is 0 Å². The van der Waals surface area contributed by atoms with Gasteiger partial charge in [0.05, 0.1) is 0 Å². The number of para-hydroxylation sites is 2. The van der Waals surface area contributed by atoms with Crippen LogP contribution in [0.4, 0.5) is 0 Å². The summed E-state index contributed by atoms with van der Waals surface area (Å²) in [5.41, 5.74) is 1.45. The van der Waals surface area contributed by atoms with Gasteiger partial charge in [-0.1, -0.05) is 30.3 Å². The molecule has 0 amide bonds. The fourth-order valence-electron chi connectivity index (χ4n) is 2.26. The number of esters is 1. The molecule has 2 aromatic carbocycles. The number of oxazole rings is 1. The Kier molecular flexibility index (Phi) is 3.12. The lowest BCUT2D eigenvalue weighted by Gasteiger charge is -1.98. The third-order valence-corrected chi connectivity index (χ3v) is 4.39. The number of fused-ring (bicyclic) bond motifs is 2. The van der Waals surface area contributed by atoms with Crippen molar-refractivity contribution >= 4 is 38.5 Å². The quantitative estimate of drug-likeness (QED) is 0.526. The highest BCUT2D eigenvalue weighted by molar-refractivity contribution is 7.20. The lowest BCUT2D eigenvalue weighted by Crippen LogP contribution is -2.03. The lowest BCUT2D eigenvalue weighted by molar-refractivity contribution is 0.0446. The van der Waals surface area contributed by atoms with E-state index in [0.29, 0.717) is 16.4 Å². The first-order chi connectivity index (χ1) is 10.8. The third kappa shape index (κ3) is 2.35. The Morgan fingerprint density at radius 1 is 1.14 bits per heavy atom. The zero-order valence-corrected chi connectivity index (χ0v) is 12.3. The van der Waals surface area contributed by atoms with E-state index in [1.165, 1.54) is 11.3 Å². The van der Waals surface area contributed by atoms with Gasteiger partial charge in [0.25, 0.3) is 0 Å². The molecule has 0 aliphatic carbocycles. The Balaban J connectivity index is 1.51. The predicted octanol–water partition coefficient (Wildman–Crippen LogP) is 4.40. The molecule has 0 unspecified atom stereocenters. The number of carbonyl (C=O) groups is 1. The SMILES string of the molecule is O=C(OCc1nc2ccccc2o1)c1cc2ccccc2s1. The first kappa shape index (κ1) is 13.0. The van der Waals surface area contributed by atoms with Gasteiger partial charge in [-0.3, -0.25) is 0 Å². The second kappa shape index (κ2) is 5.27. The van der Waals surface area contributed by atoms with E-state index in [1.54, 1.807) is 0 Å². The summed E-state index contributed by atoms with van der Waals surface area (Å²) >= 11 is 1.42. The van der Waals surface area contributed by atoms with Gasteiger partial charge in [0.15, 0.2) is 12.2 Å². The highest BCUT2D eigenvalue weighted by atomic mass is 32.1. The number of carbonyl (C=O) groups excluding carboxylic acids is 1. The van der Waals surface area contributed by atoms with Crippen molar-refractivity contribution in [2.75, 3.05) is 0 Å². The van der Waals surface area contributed by atoms with Gasteiger partial charge in [-0.05, 0) is 29.7 Å². The van der Waals surface area contributed by atoms with Gasteiger partial charge in [0, 0.05) is 4.70 Å². The van der Waals surface area contributed by atoms with E-state index in [0.717, 1.165) is 15.6 Å². The standard InChI is InChI=1S/C17H11NO3S/c19-17(15-9-11-5-1-4-8-14(11)22-15)20-10-16-18-12-6-2-3-7-13(12)21-16/h1-9H,10H2. The Labute approximate surface area is 130 Å². The minimum absolute atomic E-state index is 0.0295. The van der Waals surface area contributed by atoms with Gasteiger partial charge in [-0.25, -0.2) is 9.78 Å². The molecule has 0 bridgehead atoms. The molecule has 2 aromatic heterocycles. The number of thiophene rings is 1. The number of hydrogen-bond acceptors (Lipinski definition) is 5. The largest absolute Gasteiger partial charge is 0.451 e. The Morgan fingerprint density at radius 2 is 1.95 bits per heavy atom. The molecule has 4 nitrogen and oxygen atoms in total. The van der Waals surface area contributed by atoms with Crippen LogP contribution < -0.4 is 0 Å². The zero-order chi connectivity index (χ0) is 14.9. The fourth-order valence-corrected chi connectivity index (χ4v) is 3.22. The highest BCUT2D eigenvalue weighted by Crippen LogP contribution is 2.26. The van der Waals surface area contributed by atoms with Crippen LogP contribution in [0.25, 0.3) is 21.2 Å². The molecule has 22 heavy (non-hydrogen) atoms. The van der Waals surface area contributed by atoms with Gasteiger partial charge in [-0.15, -0.1) is 11.3 Å². The molecule has 0 N–H and O–H groups in total. The Morgan fingerprint density at radius 3 is 2.82 bits per heavy atom. The zero-order valence-electron chi connectivity index (χ0n) is 11.5. The van der Waals surface area contributed by atoms with Crippen molar-refractivity contribution in [3.8, 4) is 0 Å². The smallest absolute Gasteiger partial charge is 0.348 e. The summed E-state index contributed by atoms with van der Waals surface area (Å²) in [4.78, 5) is 17.0. The number of ether oxygens (including phenoxy) is 1. The van der Waals surface area contributed by atoms with Crippen molar-refractivity contribution in [1.29, 1.82) is 0 Å². The van der Waals surface area contributed by atoms with Crippen molar-refractivity contribution in [3.63, 3.8) is 0 Å². The number of nitrogens with zero attached hydrogens (tertiary/aromatic N) is 1. The summed E-state index contributed by atoms with van der Waals surface area (Å²) in [5.74, 6) is 0.0408. The topological polar surface area (TPSA) is 52.3 Å². The van der Waals surface area contributed by atoms with Crippen molar-refractivity contribution in [3.05, 3.63) is 65.4 Å². The first-order valence-corrected chi connectivity index (χ1v) is 7.61. The normalized spacial score (nSPS) is 11.1.